The predicted octanol–water partition coefficient (Wildman–Crippen LogP) is 5.64. The van der Waals surface area contributed by atoms with Gasteiger partial charge in [-0.3, -0.25) is 0 Å². The van der Waals surface area contributed by atoms with E-state index in [9.17, 15) is 0 Å². The van der Waals surface area contributed by atoms with Crippen LogP contribution in [-0.2, 0) is 0 Å². The van der Waals surface area contributed by atoms with E-state index in [2.05, 4.69) is 18.3 Å². The van der Waals surface area contributed by atoms with Gasteiger partial charge >= 0.3 is 0 Å². The van der Waals surface area contributed by atoms with Crippen molar-refractivity contribution in [2.45, 2.75) is 51.1 Å². The highest BCUT2D eigenvalue weighted by Crippen LogP contribution is 2.33. The molecule has 1 fully saturated rings. The molecule has 1 aliphatic carbocycles. The van der Waals surface area contributed by atoms with Crippen LogP contribution in [0.15, 0.2) is 34.9 Å². The van der Waals surface area contributed by atoms with Gasteiger partial charge in [0.2, 0.25) is 0 Å². The van der Waals surface area contributed by atoms with Crippen LogP contribution in [0.25, 0.3) is 0 Å². The summed E-state index contributed by atoms with van der Waals surface area (Å²) in [5.41, 5.74) is 0. The highest BCUT2D eigenvalue weighted by Gasteiger charge is 2.26. The fourth-order valence-electron chi connectivity index (χ4n) is 3.28. The normalized spacial score (nSPS) is 19.5. The van der Waals surface area contributed by atoms with E-state index in [1.165, 1.54) is 37.0 Å². The molecule has 4 heteroatoms. The van der Waals surface area contributed by atoms with Crippen LogP contribution in [0.1, 0.15) is 55.7 Å². The van der Waals surface area contributed by atoms with E-state index in [1.807, 2.05) is 18.2 Å². The Morgan fingerprint density at radius 3 is 2.67 bits per heavy atom. The number of rotatable bonds is 5. The molecule has 0 spiro atoms. The molecule has 1 saturated carbocycles. The van der Waals surface area contributed by atoms with Crippen LogP contribution in [0.5, 0.6) is 0 Å². The lowest BCUT2D eigenvalue weighted by Gasteiger charge is -2.31. The summed E-state index contributed by atoms with van der Waals surface area (Å²) < 4.78 is 6.48. The average Bonchev–Trinajstić information content (AvgIpc) is 3.17. The first kappa shape index (κ1) is 15.1. The van der Waals surface area contributed by atoms with Gasteiger partial charge in [0.05, 0.1) is 10.6 Å². The van der Waals surface area contributed by atoms with Gasteiger partial charge < -0.3 is 9.73 Å². The van der Waals surface area contributed by atoms with Crippen molar-refractivity contribution in [3.8, 4) is 0 Å². The Balaban J connectivity index is 1.76. The molecule has 0 saturated heterocycles. The molecule has 2 aromatic rings. The minimum Gasteiger partial charge on any atom is -0.467 e. The van der Waals surface area contributed by atoms with Gasteiger partial charge in [-0.05, 0) is 49.9 Å². The smallest absolute Gasteiger partial charge is 0.126 e. The molecule has 2 nitrogen and oxygen atoms in total. The summed E-state index contributed by atoms with van der Waals surface area (Å²) in [6.07, 6.45) is 8.55. The molecule has 21 heavy (non-hydrogen) atoms. The Bertz CT molecular complexity index is 545. The minimum atomic E-state index is 0.106. The molecule has 2 heterocycles. The molecule has 2 atom stereocenters. The Morgan fingerprint density at radius 1 is 1.24 bits per heavy atom. The molecule has 0 amide bonds. The highest BCUT2D eigenvalue weighted by atomic mass is 35.5. The van der Waals surface area contributed by atoms with Crippen molar-refractivity contribution in [2.24, 2.45) is 5.92 Å². The van der Waals surface area contributed by atoms with E-state index in [-0.39, 0.29) is 6.04 Å². The van der Waals surface area contributed by atoms with Crippen LogP contribution in [0, 0.1) is 5.92 Å². The molecule has 1 unspecified atom stereocenters. The zero-order valence-corrected chi connectivity index (χ0v) is 13.9. The summed E-state index contributed by atoms with van der Waals surface area (Å²) in [6.45, 7) is 2.31. The van der Waals surface area contributed by atoms with Crippen LogP contribution in [0.3, 0.4) is 0 Å². The number of thiophene rings is 1. The third-order valence-corrected chi connectivity index (χ3v) is 5.79. The van der Waals surface area contributed by atoms with E-state index < -0.39 is 0 Å². The van der Waals surface area contributed by atoms with Gasteiger partial charge in [0.25, 0.3) is 0 Å². The molecular weight excluding hydrogens is 302 g/mol. The second-order valence-electron chi connectivity index (χ2n) is 5.94. The molecule has 0 bridgehead atoms. The average molecular weight is 324 g/mol. The summed E-state index contributed by atoms with van der Waals surface area (Å²) in [4.78, 5) is 1.22. The monoisotopic (exact) mass is 323 g/mol. The lowest BCUT2D eigenvalue weighted by Crippen LogP contribution is -2.37. The van der Waals surface area contributed by atoms with Crippen LogP contribution < -0.4 is 5.32 Å². The number of furan rings is 1. The van der Waals surface area contributed by atoms with Crippen LogP contribution in [0.2, 0.25) is 4.34 Å². The second kappa shape index (κ2) is 6.99. The van der Waals surface area contributed by atoms with E-state index in [4.69, 9.17) is 16.0 Å². The summed E-state index contributed by atoms with van der Waals surface area (Å²) in [7, 11) is 0. The molecule has 114 valence electrons. The van der Waals surface area contributed by atoms with Gasteiger partial charge in [0, 0.05) is 10.9 Å². The predicted molar refractivity (Wildman–Crippen MR) is 89.1 cm³/mol. The lowest BCUT2D eigenvalue weighted by atomic mass is 9.84. The lowest BCUT2D eigenvalue weighted by molar-refractivity contribution is 0.265. The van der Waals surface area contributed by atoms with Gasteiger partial charge in [0.1, 0.15) is 11.8 Å². The maximum Gasteiger partial charge on any atom is 0.126 e. The van der Waals surface area contributed by atoms with E-state index in [0.717, 1.165) is 16.0 Å². The van der Waals surface area contributed by atoms with Gasteiger partial charge in [-0.2, -0.15) is 0 Å². The maximum atomic E-state index is 6.11. The van der Waals surface area contributed by atoms with Crippen LogP contribution in [0.4, 0.5) is 0 Å². The summed E-state index contributed by atoms with van der Waals surface area (Å²) in [6, 6.07) is 8.64. The first-order valence-electron chi connectivity index (χ1n) is 7.78. The van der Waals surface area contributed by atoms with E-state index >= 15 is 0 Å². The van der Waals surface area contributed by atoms with Crippen molar-refractivity contribution in [1.29, 1.82) is 0 Å². The Kier molecular flexibility index (Phi) is 5.04. The van der Waals surface area contributed by atoms with Crippen molar-refractivity contribution in [1.82, 2.24) is 5.32 Å². The SMILES string of the molecule is C[C@H](NC(c1ccco1)c1ccc(Cl)s1)C1CCCCC1. The number of halogens is 1. The number of hydrogen-bond donors (Lipinski definition) is 1. The molecule has 0 radical (unpaired) electrons. The van der Waals surface area contributed by atoms with Gasteiger partial charge in [-0.15, -0.1) is 11.3 Å². The third-order valence-electron chi connectivity index (χ3n) is 4.49. The molecule has 0 aromatic carbocycles. The topological polar surface area (TPSA) is 25.2 Å². The fourth-order valence-corrected chi connectivity index (χ4v) is 4.41. The zero-order chi connectivity index (χ0) is 14.7. The molecule has 2 aromatic heterocycles. The second-order valence-corrected chi connectivity index (χ2v) is 7.69. The van der Waals surface area contributed by atoms with Crippen molar-refractivity contribution >= 4 is 22.9 Å². The standard InChI is InChI=1S/C17H22ClNOS/c1-12(13-6-3-2-4-7-13)19-17(14-8-5-11-20-14)15-9-10-16(18)21-15/h5,8-13,17,19H,2-4,6-7H2,1H3/t12-,17?/m0/s1. The van der Waals surface area contributed by atoms with E-state index in [0.29, 0.717) is 6.04 Å². The Morgan fingerprint density at radius 2 is 2.05 bits per heavy atom. The first-order chi connectivity index (χ1) is 10.2. The zero-order valence-electron chi connectivity index (χ0n) is 12.3. The highest BCUT2D eigenvalue weighted by molar-refractivity contribution is 7.16. The molecule has 1 aliphatic rings. The minimum absolute atomic E-state index is 0.106. The number of nitrogens with one attached hydrogen (secondary N) is 1. The van der Waals surface area contributed by atoms with Gasteiger partial charge in [-0.25, -0.2) is 0 Å². The molecule has 1 N–H and O–H groups in total. The van der Waals surface area contributed by atoms with Crippen LogP contribution >= 0.6 is 22.9 Å². The summed E-state index contributed by atoms with van der Waals surface area (Å²) in [5, 5.41) is 3.78. The first-order valence-corrected chi connectivity index (χ1v) is 8.98. The molecule has 0 aliphatic heterocycles. The summed E-state index contributed by atoms with van der Waals surface area (Å²) >= 11 is 7.74. The maximum absolute atomic E-state index is 6.11. The van der Waals surface area contributed by atoms with Crippen LogP contribution in [-0.4, -0.2) is 6.04 Å². The third kappa shape index (κ3) is 3.71. The Labute approximate surface area is 135 Å². The molecular formula is C17H22ClNOS. The van der Waals surface area contributed by atoms with Crippen molar-refractivity contribution in [3.63, 3.8) is 0 Å². The van der Waals surface area contributed by atoms with Crippen molar-refractivity contribution in [3.05, 3.63) is 45.5 Å². The largest absolute Gasteiger partial charge is 0.467 e. The van der Waals surface area contributed by atoms with Crippen molar-refractivity contribution < 1.29 is 4.42 Å². The Hall–Kier alpha value is -0.770. The number of hydrogen-bond acceptors (Lipinski definition) is 3. The van der Waals surface area contributed by atoms with Gasteiger partial charge in [0.15, 0.2) is 0 Å². The van der Waals surface area contributed by atoms with Gasteiger partial charge in [-0.1, -0.05) is 30.9 Å². The molecule has 3 rings (SSSR count). The summed E-state index contributed by atoms with van der Waals surface area (Å²) in [5.74, 6) is 1.74. The van der Waals surface area contributed by atoms with Crippen molar-refractivity contribution in [2.75, 3.05) is 0 Å². The quantitative estimate of drug-likeness (QED) is 0.770. The fraction of sp³-hybridized carbons (Fsp3) is 0.529. The van der Waals surface area contributed by atoms with E-state index in [1.54, 1.807) is 17.6 Å².